The van der Waals surface area contributed by atoms with Crippen molar-refractivity contribution in [2.24, 2.45) is 5.84 Å². The largest absolute Gasteiger partial charge is 0.290 e. The van der Waals surface area contributed by atoms with Gasteiger partial charge < -0.3 is 0 Å². The number of rotatable bonds is 4. The van der Waals surface area contributed by atoms with Crippen molar-refractivity contribution in [3.63, 3.8) is 0 Å². The van der Waals surface area contributed by atoms with Crippen LogP contribution in [0.2, 0.25) is 0 Å². The minimum absolute atomic E-state index is 0.330. The van der Waals surface area contributed by atoms with Crippen LogP contribution in [0.15, 0.2) is 17.2 Å². The summed E-state index contributed by atoms with van der Waals surface area (Å²) >= 11 is 3.74. The van der Waals surface area contributed by atoms with Gasteiger partial charge in [0.25, 0.3) is 5.91 Å². The lowest BCUT2D eigenvalue weighted by molar-refractivity contribution is 0.0954. The molecule has 1 amide bonds. The monoisotopic (exact) mass is 466 g/mol. The summed E-state index contributed by atoms with van der Waals surface area (Å²) in [7, 11) is 1.40. The van der Waals surface area contributed by atoms with Crippen molar-refractivity contribution in [1.82, 2.24) is 13.7 Å². The van der Waals surface area contributed by atoms with Gasteiger partial charge in [0.1, 0.15) is 10.8 Å². The molecule has 124 valence electrons. The molecule has 5 nitrogen and oxygen atoms in total. The van der Waals surface area contributed by atoms with Gasteiger partial charge in [-0.05, 0) is 49.4 Å². The third-order valence-electron chi connectivity index (χ3n) is 3.87. The van der Waals surface area contributed by atoms with Crippen LogP contribution in [0.25, 0.3) is 10.9 Å². The molecule has 23 heavy (non-hydrogen) atoms. The minimum Gasteiger partial charge on any atom is -0.290 e. The molecule has 0 bridgehead atoms. The average Bonchev–Trinajstić information content (AvgIpc) is 3.14. The molecule has 0 saturated carbocycles. The van der Waals surface area contributed by atoms with Gasteiger partial charge in [-0.3, -0.25) is 14.2 Å². The number of hydrogen-bond donors (Lipinski definition) is 2. The summed E-state index contributed by atoms with van der Waals surface area (Å²) in [6.45, 7) is 3.76. The van der Waals surface area contributed by atoms with E-state index in [0.29, 0.717) is 22.0 Å². The molecule has 1 aliphatic heterocycles. The Kier molecular flexibility index (Phi) is 5.41. The van der Waals surface area contributed by atoms with Gasteiger partial charge in [-0.25, -0.2) is 14.5 Å². The van der Waals surface area contributed by atoms with Crippen molar-refractivity contribution >= 4 is 59.1 Å². The molecule has 1 aromatic carbocycles. The van der Waals surface area contributed by atoms with Crippen molar-refractivity contribution in [3.8, 4) is 0 Å². The third kappa shape index (κ3) is 3.21. The lowest BCUT2D eigenvalue weighted by Gasteiger charge is -2.14. The summed E-state index contributed by atoms with van der Waals surface area (Å²) in [6, 6.07) is 3.27. The zero-order chi connectivity index (χ0) is 16.6. The van der Waals surface area contributed by atoms with Gasteiger partial charge in [-0.1, -0.05) is 0 Å². The van der Waals surface area contributed by atoms with Crippen LogP contribution in [0.5, 0.6) is 0 Å². The summed E-state index contributed by atoms with van der Waals surface area (Å²) in [5.74, 6) is 4.56. The minimum atomic E-state index is -0.402. The summed E-state index contributed by atoms with van der Waals surface area (Å²) in [6.07, 6.45) is 2.36. The number of aromatic nitrogens is 1. The van der Waals surface area contributed by atoms with Crippen LogP contribution >= 0.6 is 42.3 Å². The first-order valence-corrected chi connectivity index (χ1v) is 11.2. The lowest BCUT2D eigenvalue weighted by Crippen LogP contribution is -2.30. The molecular formula is C14H16FIN4OS2. The number of nitrogens with zero attached hydrogens (tertiary/aromatic N) is 2. The quantitative estimate of drug-likeness (QED) is 0.237. The normalized spacial score (nSPS) is 15.5. The molecule has 0 atom stereocenters. The van der Waals surface area contributed by atoms with E-state index in [-0.39, 0.29) is 5.82 Å². The molecule has 0 aliphatic carbocycles. The predicted molar refractivity (Wildman–Crippen MR) is 102 cm³/mol. The van der Waals surface area contributed by atoms with Crippen LogP contribution in [-0.4, -0.2) is 27.3 Å². The SMILES string of the molecule is Cc1cc(F)c2c(cc(SN3CCCC3)n2SI)c1C(=O)NN. The predicted octanol–water partition coefficient (Wildman–Crippen LogP) is 3.64. The Balaban J connectivity index is 2.18. The number of fused-ring (bicyclic) bond motifs is 1. The highest BCUT2D eigenvalue weighted by Crippen LogP contribution is 2.39. The zero-order valence-corrected chi connectivity index (χ0v) is 16.2. The number of aryl methyl sites for hydroxylation is 1. The first kappa shape index (κ1) is 17.3. The highest BCUT2D eigenvalue weighted by Gasteiger charge is 2.23. The molecule has 2 heterocycles. The smallest absolute Gasteiger partial charge is 0.266 e. The Hall–Kier alpha value is -0.490. The maximum absolute atomic E-state index is 14.5. The van der Waals surface area contributed by atoms with Crippen molar-refractivity contribution in [2.75, 3.05) is 13.1 Å². The Labute approximate surface area is 154 Å². The third-order valence-corrected chi connectivity index (χ3v) is 6.80. The molecule has 0 radical (unpaired) electrons. The van der Waals surface area contributed by atoms with Gasteiger partial charge in [0, 0.05) is 48.8 Å². The topological polar surface area (TPSA) is 63.3 Å². The number of nitrogen functional groups attached to an aromatic ring is 1. The van der Waals surface area contributed by atoms with E-state index in [1.807, 2.05) is 10.0 Å². The second-order valence-electron chi connectivity index (χ2n) is 5.36. The molecule has 0 spiro atoms. The van der Waals surface area contributed by atoms with Gasteiger partial charge in [0.05, 0.1) is 11.1 Å². The summed E-state index contributed by atoms with van der Waals surface area (Å²) in [5, 5.41) is 1.51. The van der Waals surface area contributed by atoms with E-state index < -0.39 is 5.91 Å². The van der Waals surface area contributed by atoms with E-state index in [4.69, 9.17) is 5.84 Å². The first-order chi connectivity index (χ1) is 11.1. The van der Waals surface area contributed by atoms with Crippen LogP contribution in [0.1, 0.15) is 28.8 Å². The van der Waals surface area contributed by atoms with E-state index >= 15 is 0 Å². The van der Waals surface area contributed by atoms with E-state index in [0.717, 1.165) is 18.1 Å². The molecule has 3 rings (SSSR count). The van der Waals surface area contributed by atoms with Gasteiger partial charge in [-0.15, -0.1) is 0 Å². The first-order valence-electron chi connectivity index (χ1n) is 7.14. The van der Waals surface area contributed by atoms with Gasteiger partial charge in [-0.2, -0.15) is 0 Å². The van der Waals surface area contributed by atoms with Crippen LogP contribution in [0, 0.1) is 12.7 Å². The lowest BCUT2D eigenvalue weighted by atomic mass is 10.0. The number of carbonyl (C=O) groups excluding carboxylic acids is 1. The Morgan fingerprint density at radius 1 is 1.39 bits per heavy atom. The molecule has 3 N–H and O–H groups in total. The highest BCUT2D eigenvalue weighted by atomic mass is 127. The molecule has 1 aromatic heterocycles. The van der Waals surface area contributed by atoms with Gasteiger partial charge in [0.15, 0.2) is 0 Å². The summed E-state index contributed by atoms with van der Waals surface area (Å²) < 4.78 is 18.6. The maximum atomic E-state index is 14.5. The van der Waals surface area contributed by atoms with Gasteiger partial charge in [0.2, 0.25) is 0 Å². The maximum Gasteiger partial charge on any atom is 0.266 e. The zero-order valence-electron chi connectivity index (χ0n) is 12.4. The van der Waals surface area contributed by atoms with E-state index in [2.05, 4.69) is 30.9 Å². The number of amides is 1. The second kappa shape index (κ2) is 7.18. The fraction of sp³-hybridized carbons (Fsp3) is 0.357. The number of nitrogens with one attached hydrogen (secondary N) is 1. The fourth-order valence-corrected chi connectivity index (χ4v) is 6.10. The number of nitrogens with two attached hydrogens (primary N) is 1. The van der Waals surface area contributed by atoms with E-state index in [9.17, 15) is 9.18 Å². The Morgan fingerprint density at radius 2 is 2.09 bits per heavy atom. The molecular weight excluding hydrogens is 450 g/mol. The fourth-order valence-electron chi connectivity index (χ4n) is 2.85. The van der Waals surface area contributed by atoms with Crippen molar-refractivity contribution < 1.29 is 9.18 Å². The molecule has 2 aromatic rings. The number of halogens is 2. The summed E-state index contributed by atoms with van der Waals surface area (Å²) in [4.78, 5) is 12.1. The van der Waals surface area contributed by atoms with Crippen LogP contribution in [0.3, 0.4) is 0 Å². The van der Waals surface area contributed by atoms with E-state index in [1.165, 1.54) is 28.0 Å². The Bertz CT molecular complexity index is 761. The average molecular weight is 466 g/mol. The Morgan fingerprint density at radius 3 is 2.70 bits per heavy atom. The molecule has 0 unspecified atom stereocenters. The molecule has 9 heteroatoms. The standard InChI is InChI=1S/C14H16FIN4OS2/c1-8-6-10(15)13-9(12(8)14(21)18-17)7-11(20(13)23-16)22-19-4-2-3-5-19/h6-7H,2-5,17H2,1H3,(H,18,21). The molecule has 1 saturated heterocycles. The van der Waals surface area contributed by atoms with Crippen LogP contribution in [-0.2, 0) is 0 Å². The van der Waals surface area contributed by atoms with Crippen LogP contribution in [0.4, 0.5) is 4.39 Å². The molecule has 1 aliphatic rings. The number of carbonyl (C=O) groups is 1. The van der Waals surface area contributed by atoms with Gasteiger partial charge >= 0.3 is 0 Å². The van der Waals surface area contributed by atoms with Crippen molar-refractivity contribution in [3.05, 3.63) is 29.1 Å². The number of benzene rings is 1. The van der Waals surface area contributed by atoms with E-state index in [1.54, 1.807) is 18.9 Å². The number of hydrogen-bond acceptors (Lipinski definition) is 5. The second-order valence-corrected chi connectivity index (χ2v) is 8.16. The van der Waals surface area contributed by atoms with Crippen molar-refractivity contribution in [2.45, 2.75) is 24.8 Å². The highest BCUT2D eigenvalue weighted by molar-refractivity contribution is 14.2. The van der Waals surface area contributed by atoms with Crippen molar-refractivity contribution in [1.29, 1.82) is 0 Å². The summed E-state index contributed by atoms with van der Waals surface area (Å²) in [5.41, 5.74) is 3.59. The van der Waals surface area contributed by atoms with Crippen LogP contribution < -0.4 is 11.3 Å². The number of hydrazine groups is 1. The molecule has 1 fully saturated rings.